The molecular weight excluding hydrogens is 320 g/mol. The number of rotatable bonds is 5. The van der Waals surface area contributed by atoms with E-state index in [1.54, 1.807) is 18.6 Å². The van der Waals surface area contributed by atoms with Crippen LogP contribution < -0.4 is 5.73 Å². The first-order valence-electron chi connectivity index (χ1n) is 7.43. The fraction of sp³-hybridized carbons (Fsp3) is 0.533. The van der Waals surface area contributed by atoms with Gasteiger partial charge in [-0.1, -0.05) is 12.1 Å². The number of aromatic nitrogens is 2. The van der Waals surface area contributed by atoms with Crippen LogP contribution in [0.5, 0.6) is 0 Å². The second-order valence-electron chi connectivity index (χ2n) is 6.10. The Morgan fingerprint density at radius 1 is 1.52 bits per heavy atom. The molecule has 3 rings (SSSR count). The minimum Gasteiger partial charge on any atom is -0.472 e. The van der Waals surface area contributed by atoms with E-state index in [0.29, 0.717) is 31.1 Å². The van der Waals surface area contributed by atoms with Crippen molar-refractivity contribution in [2.75, 3.05) is 19.6 Å². The van der Waals surface area contributed by atoms with Crippen LogP contribution in [0, 0.1) is 5.41 Å². The van der Waals surface area contributed by atoms with Gasteiger partial charge >= 0.3 is 0 Å². The number of hydrogen-bond donors (Lipinski definition) is 1. The standard InChI is InChI=1S/C15H20N4O3.ClH/c1-15(9-16)5-6-19(10-15)13(20)3-2-12-17-14(18-22-12)11-4-7-21-8-11;/h4,7-8H,2-3,5-6,9-10,16H2,1H3;1H. The highest BCUT2D eigenvalue weighted by Crippen LogP contribution is 2.29. The SMILES string of the molecule is CC1(CN)CCN(C(=O)CCc2nc(-c3ccoc3)no2)C1.Cl. The number of nitrogens with zero attached hydrogens (tertiary/aromatic N) is 3. The molecule has 0 aliphatic carbocycles. The van der Waals surface area contributed by atoms with E-state index in [1.165, 1.54) is 0 Å². The number of carbonyl (C=O) groups excluding carboxylic acids is 1. The molecule has 2 aromatic heterocycles. The zero-order valence-electron chi connectivity index (χ0n) is 13.0. The Bertz CT molecular complexity index is 643. The zero-order chi connectivity index (χ0) is 15.6. The van der Waals surface area contributed by atoms with Gasteiger partial charge in [0, 0.05) is 25.9 Å². The minimum atomic E-state index is 0. The molecule has 2 N–H and O–H groups in total. The molecule has 0 aromatic carbocycles. The first kappa shape index (κ1) is 17.5. The number of amides is 1. The van der Waals surface area contributed by atoms with Crippen LogP contribution in [0.25, 0.3) is 11.4 Å². The van der Waals surface area contributed by atoms with Gasteiger partial charge in [-0.25, -0.2) is 0 Å². The maximum absolute atomic E-state index is 12.2. The van der Waals surface area contributed by atoms with E-state index in [4.69, 9.17) is 14.7 Å². The van der Waals surface area contributed by atoms with Gasteiger partial charge in [0.15, 0.2) is 0 Å². The summed E-state index contributed by atoms with van der Waals surface area (Å²) >= 11 is 0. The number of aryl methyl sites for hydroxylation is 1. The van der Waals surface area contributed by atoms with Crippen LogP contribution in [-0.2, 0) is 11.2 Å². The number of furan rings is 1. The molecule has 7 nitrogen and oxygen atoms in total. The van der Waals surface area contributed by atoms with Gasteiger partial charge in [-0.15, -0.1) is 12.4 Å². The zero-order valence-corrected chi connectivity index (χ0v) is 13.8. The summed E-state index contributed by atoms with van der Waals surface area (Å²) in [7, 11) is 0. The monoisotopic (exact) mass is 340 g/mol. The van der Waals surface area contributed by atoms with Gasteiger partial charge in [0.25, 0.3) is 0 Å². The number of hydrogen-bond acceptors (Lipinski definition) is 6. The minimum absolute atomic E-state index is 0. The predicted molar refractivity (Wildman–Crippen MR) is 85.9 cm³/mol. The molecule has 0 bridgehead atoms. The molecule has 126 valence electrons. The molecule has 2 aromatic rings. The average molecular weight is 341 g/mol. The Hall–Kier alpha value is -1.86. The molecular formula is C15H21ClN4O3. The highest BCUT2D eigenvalue weighted by atomic mass is 35.5. The maximum Gasteiger partial charge on any atom is 0.227 e. The third-order valence-electron chi connectivity index (χ3n) is 4.20. The molecule has 0 spiro atoms. The molecule has 1 unspecified atom stereocenters. The Morgan fingerprint density at radius 2 is 2.35 bits per heavy atom. The van der Waals surface area contributed by atoms with Crippen molar-refractivity contribution < 1.29 is 13.7 Å². The van der Waals surface area contributed by atoms with Crippen LogP contribution in [0.3, 0.4) is 0 Å². The summed E-state index contributed by atoms with van der Waals surface area (Å²) in [4.78, 5) is 18.4. The van der Waals surface area contributed by atoms with E-state index in [0.717, 1.165) is 25.1 Å². The second-order valence-corrected chi connectivity index (χ2v) is 6.10. The van der Waals surface area contributed by atoms with Crippen molar-refractivity contribution in [2.45, 2.75) is 26.2 Å². The van der Waals surface area contributed by atoms with Gasteiger partial charge in [-0.3, -0.25) is 4.79 Å². The van der Waals surface area contributed by atoms with Crippen LogP contribution >= 0.6 is 12.4 Å². The first-order valence-corrected chi connectivity index (χ1v) is 7.43. The summed E-state index contributed by atoms with van der Waals surface area (Å²) in [5.74, 6) is 1.05. The van der Waals surface area contributed by atoms with E-state index in [-0.39, 0.29) is 23.7 Å². The Morgan fingerprint density at radius 3 is 3.00 bits per heavy atom. The fourth-order valence-electron chi connectivity index (χ4n) is 2.64. The smallest absolute Gasteiger partial charge is 0.227 e. The van der Waals surface area contributed by atoms with Crippen molar-refractivity contribution in [2.24, 2.45) is 11.1 Å². The maximum atomic E-state index is 12.2. The lowest BCUT2D eigenvalue weighted by Crippen LogP contribution is -2.34. The van der Waals surface area contributed by atoms with E-state index in [1.807, 2.05) is 4.90 Å². The van der Waals surface area contributed by atoms with Crippen molar-refractivity contribution >= 4 is 18.3 Å². The summed E-state index contributed by atoms with van der Waals surface area (Å²) in [5.41, 5.74) is 6.58. The molecule has 23 heavy (non-hydrogen) atoms. The molecule has 0 saturated carbocycles. The van der Waals surface area contributed by atoms with Crippen molar-refractivity contribution in [3.63, 3.8) is 0 Å². The number of carbonyl (C=O) groups is 1. The van der Waals surface area contributed by atoms with Gasteiger partial charge < -0.3 is 19.6 Å². The Labute approximate surface area is 140 Å². The number of nitrogens with two attached hydrogens (primary N) is 1. The van der Waals surface area contributed by atoms with Crippen molar-refractivity contribution in [1.29, 1.82) is 0 Å². The van der Waals surface area contributed by atoms with Gasteiger partial charge in [0.05, 0.1) is 11.8 Å². The predicted octanol–water partition coefficient (Wildman–Crippen LogP) is 1.88. The molecule has 1 saturated heterocycles. The molecule has 8 heteroatoms. The average Bonchev–Trinajstić information content (AvgIpc) is 3.25. The third kappa shape index (κ3) is 3.92. The van der Waals surface area contributed by atoms with Crippen LogP contribution in [-0.4, -0.2) is 40.6 Å². The number of likely N-dealkylation sites (tertiary alicyclic amines) is 1. The second kappa shape index (κ2) is 7.14. The number of halogens is 1. The molecule has 1 atom stereocenters. The quantitative estimate of drug-likeness (QED) is 0.892. The highest BCUT2D eigenvalue weighted by Gasteiger charge is 2.34. The Kier molecular flexibility index (Phi) is 5.43. The van der Waals surface area contributed by atoms with E-state index in [9.17, 15) is 4.79 Å². The summed E-state index contributed by atoms with van der Waals surface area (Å²) in [6.45, 7) is 4.23. The van der Waals surface area contributed by atoms with Gasteiger partial charge in [0.2, 0.25) is 17.6 Å². The first-order chi connectivity index (χ1) is 10.6. The Balaban J connectivity index is 0.00000192. The van der Waals surface area contributed by atoms with E-state index >= 15 is 0 Å². The third-order valence-corrected chi connectivity index (χ3v) is 4.20. The van der Waals surface area contributed by atoms with Gasteiger partial charge in [-0.05, 0) is 24.4 Å². The normalized spacial score (nSPS) is 20.5. The lowest BCUT2D eigenvalue weighted by Gasteiger charge is -2.22. The summed E-state index contributed by atoms with van der Waals surface area (Å²) in [6.07, 6.45) is 4.88. The van der Waals surface area contributed by atoms with E-state index < -0.39 is 0 Å². The molecule has 1 fully saturated rings. The van der Waals surface area contributed by atoms with Crippen molar-refractivity contribution in [1.82, 2.24) is 15.0 Å². The molecule has 1 aliphatic rings. The lowest BCUT2D eigenvalue weighted by molar-refractivity contribution is -0.130. The summed E-state index contributed by atoms with van der Waals surface area (Å²) in [6, 6.07) is 1.76. The van der Waals surface area contributed by atoms with Crippen molar-refractivity contribution in [3.8, 4) is 11.4 Å². The topological polar surface area (TPSA) is 98.4 Å². The highest BCUT2D eigenvalue weighted by molar-refractivity contribution is 5.85. The van der Waals surface area contributed by atoms with Gasteiger partial charge in [0.1, 0.15) is 6.26 Å². The summed E-state index contributed by atoms with van der Waals surface area (Å²) < 4.78 is 10.2. The van der Waals surface area contributed by atoms with Crippen LogP contribution in [0.4, 0.5) is 0 Å². The molecule has 1 aliphatic heterocycles. The molecule has 1 amide bonds. The molecule has 3 heterocycles. The van der Waals surface area contributed by atoms with Crippen LogP contribution in [0.2, 0.25) is 0 Å². The largest absolute Gasteiger partial charge is 0.472 e. The van der Waals surface area contributed by atoms with Crippen LogP contribution in [0.1, 0.15) is 25.7 Å². The molecule has 0 radical (unpaired) electrons. The van der Waals surface area contributed by atoms with Crippen LogP contribution in [0.15, 0.2) is 27.5 Å². The summed E-state index contributed by atoms with van der Waals surface area (Å²) in [5, 5.41) is 3.88. The lowest BCUT2D eigenvalue weighted by atomic mass is 9.90. The van der Waals surface area contributed by atoms with Gasteiger partial charge in [-0.2, -0.15) is 4.98 Å². The van der Waals surface area contributed by atoms with E-state index in [2.05, 4.69) is 17.1 Å². The fourth-order valence-corrected chi connectivity index (χ4v) is 2.64. The van der Waals surface area contributed by atoms with Crippen molar-refractivity contribution in [3.05, 3.63) is 24.5 Å².